The molecule has 3 aromatic rings. The van der Waals surface area contributed by atoms with Crippen LogP contribution in [0.25, 0.3) is 0 Å². The van der Waals surface area contributed by atoms with Crippen molar-refractivity contribution in [3.8, 4) is 17.2 Å². The average molecular weight is 535 g/mol. The van der Waals surface area contributed by atoms with E-state index in [9.17, 15) is 0 Å². The van der Waals surface area contributed by atoms with Crippen molar-refractivity contribution in [3.05, 3.63) is 91.0 Å². The zero-order valence-electron chi connectivity index (χ0n) is 25.8. The molecule has 0 heterocycles. The Balaban J connectivity index is -0.0000000619. The summed E-state index contributed by atoms with van der Waals surface area (Å²) >= 11 is 0. The molecule has 3 rings (SSSR count). The Morgan fingerprint density at radius 2 is 0.500 bits per heavy atom. The second kappa shape index (κ2) is 54.8. The molecule has 0 atom stereocenters. The molecule has 0 saturated heterocycles. The van der Waals surface area contributed by atoms with Crippen LogP contribution in [0.1, 0.15) is 96.9 Å². The van der Waals surface area contributed by atoms with Gasteiger partial charge in [0.25, 0.3) is 0 Å². The van der Waals surface area contributed by atoms with Gasteiger partial charge in [0.05, 0.1) is 21.3 Å². The first-order valence-corrected chi connectivity index (χ1v) is 13.4. The Kier molecular flexibility index (Phi) is 74.5. The normalized spacial score (nSPS) is 6.87. The Morgan fingerprint density at radius 3 is 0.579 bits per heavy atom. The molecule has 224 valence electrons. The quantitative estimate of drug-likeness (QED) is 0.334. The van der Waals surface area contributed by atoms with Crippen LogP contribution >= 0.6 is 0 Å². The van der Waals surface area contributed by atoms with Crippen LogP contribution in [0.2, 0.25) is 0 Å². The minimum atomic E-state index is 0. The molecule has 0 aliphatic carbocycles. The van der Waals surface area contributed by atoms with E-state index in [1.54, 1.807) is 21.3 Å². The lowest BCUT2D eigenvalue weighted by molar-refractivity contribution is 0.414. The SMILES string of the molecule is C.C.CC.CC.CC.CCC.CCC.COc1ccccc1.COc1ccccc1.COc1ccccc1. The van der Waals surface area contributed by atoms with Crippen LogP contribution in [0.4, 0.5) is 0 Å². The maximum atomic E-state index is 4.91. The molecule has 0 radical (unpaired) electrons. The molecule has 3 heteroatoms. The predicted octanol–water partition coefficient (Wildman–Crippen LogP) is 12.3. The number of para-hydroxylation sites is 3. The lowest BCUT2D eigenvalue weighted by Gasteiger charge is -1.93. The fourth-order valence-corrected chi connectivity index (χ4v) is 1.67. The molecule has 0 N–H and O–H groups in total. The van der Waals surface area contributed by atoms with Gasteiger partial charge in [0.1, 0.15) is 17.2 Å². The summed E-state index contributed by atoms with van der Waals surface area (Å²) in [6.45, 7) is 20.5. The lowest BCUT2D eigenvalue weighted by Crippen LogP contribution is -1.78. The van der Waals surface area contributed by atoms with Gasteiger partial charge in [-0.15, -0.1) is 0 Å². The lowest BCUT2D eigenvalue weighted by atomic mass is 10.3. The first kappa shape index (κ1) is 51.7. The van der Waals surface area contributed by atoms with Crippen molar-refractivity contribution in [3.63, 3.8) is 0 Å². The molecular weight excluding hydrogens is 468 g/mol. The number of hydrogen-bond donors (Lipinski definition) is 0. The first-order valence-electron chi connectivity index (χ1n) is 13.4. The molecular formula is C35H66O3. The molecule has 0 aliphatic heterocycles. The van der Waals surface area contributed by atoms with E-state index in [2.05, 4.69) is 27.7 Å². The minimum absolute atomic E-state index is 0. The number of rotatable bonds is 3. The molecule has 0 aliphatic rings. The summed E-state index contributed by atoms with van der Waals surface area (Å²) in [6.07, 6.45) is 2.50. The van der Waals surface area contributed by atoms with Crippen molar-refractivity contribution in [1.82, 2.24) is 0 Å². The molecule has 0 unspecified atom stereocenters. The van der Waals surface area contributed by atoms with E-state index in [1.165, 1.54) is 12.8 Å². The standard InChI is InChI=1S/3C7H8O.2C3H8.3C2H6.2CH4/c3*1-8-7-5-3-2-4-6-7;2*1-3-2;3*1-2;;/h3*2-6H,1H3;2*3H2,1-2H3;3*1-2H3;2*1H4. The van der Waals surface area contributed by atoms with E-state index >= 15 is 0 Å². The van der Waals surface area contributed by atoms with Gasteiger partial charge in [0.15, 0.2) is 0 Å². The number of ether oxygens (including phenoxy) is 3. The third kappa shape index (κ3) is 46.4. The van der Waals surface area contributed by atoms with Gasteiger partial charge in [-0.05, 0) is 36.4 Å². The van der Waals surface area contributed by atoms with Crippen molar-refractivity contribution < 1.29 is 14.2 Å². The van der Waals surface area contributed by atoms with Crippen molar-refractivity contribution in [1.29, 1.82) is 0 Å². The van der Waals surface area contributed by atoms with Crippen LogP contribution in [0.3, 0.4) is 0 Å². The highest BCUT2D eigenvalue weighted by Crippen LogP contribution is 2.06. The van der Waals surface area contributed by atoms with Crippen LogP contribution in [0.5, 0.6) is 17.2 Å². The molecule has 38 heavy (non-hydrogen) atoms. The smallest absolute Gasteiger partial charge is 0.118 e. The zero-order valence-corrected chi connectivity index (χ0v) is 25.8. The topological polar surface area (TPSA) is 27.7 Å². The summed E-state index contributed by atoms with van der Waals surface area (Å²) in [4.78, 5) is 0. The van der Waals surface area contributed by atoms with Crippen LogP contribution in [-0.4, -0.2) is 21.3 Å². The van der Waals surface area contributed by atoms with Gasteiger partial charge < -0.3 is 14.2 Å². The largest absolute Gasteiger partial charge is 0.497 e. The van der Waals surface area contributed by atoms with E-state index < -0.39 is 0 Å². The highest BCUT2D eigenvalue weighted by Gasteiger charge is 1.81. The molecule has 3 nitrogen and oxygen atoms in total. The Hall–Kier alpha value is -2.94. The highest BCUT2D eigenvalue weighted by atomic mass is 16.5. The summed E-state index contributed by atoms with van der Waals surface area (Å²) in [5.41, 5.74) is 0. The van der Waals surface area contributed by atoms with Gasteiger partial charge >= 0.3 is 0 Å². The van der Waals surface area contributed by atoms with Gasteiger partial charge in [-0.1, -0.05) is 152 Å². The fourth-order valence-electron chi connectivity index (χ4n) is 1.67. The summed E-state index contributed by atoms with van der Waals surface area (Å²) in [6, 6.07) is 29.0. The van der Waals surface area contributed by atoms with Gasteiger partial charge in [0.2, 0.25) is 0 Å². The predicted molar refractivity (Wildman–Crippen MR) is 178 cm³/mol. The molecule has 0 spiro atoms. The minimum Gasteiger partial charge on any atom is -0.497 e. The van der Waals surface area contributed by atoms with E-state index in [-0.39, 0.29) is 14.9 Å². The van der Waals surface area contributed by atoms with E-state index in [4.69, 9.17) is 14.2 Å². The number of hydrogen-bond acceptors (Lipinski definition) is 3. The Labute approximate surface area is 240 Å². The number of benzene rings is 3. The first-order chi connectivity index (χ1) is 17.6. The molecule has 0 amide bonds. The molecule has 0 aromatic heterocycles. The van der Waals surface area contributed by atoms with Gasteiger partial charge in [-0.2, -0.15) is 0 Å². The molecule has 0 fully saturated rings. The van der Waals surface area contributed by atoms with Crippen molar-refractivity contribution in [2.24, 2.45) is 0 Å². The molecule has 0 saturated carbocycles. The summed E-state index contributed by atoms with van der Waals surface area (Å²) in [5.74, 6) is 2.73. The van der Waals surface area contributed by atoms with Crippen molar-refractivity contribution >= 4 is 0 Å². The maximum absolute atomic E-state index is 4.91. The van der Waals surface area contributed by atoms with E-state index in [0.29, 0.717) is 0 Å². The van der Waals surface area contributed by atoms with E-state index in [1.807, 2.05) is 133 Å². The number of methoxy groups -OCH3 is 3. The van der Waals surface area contributed by atoms with E-state index in [0.717, 1.165) is 17.2 Å². The third-order valence-corrected chi connectivity index (χ3v) is 2.94. The van der Waals surface area contributed by atoms with Crippen LogP contribution < -0.4 is 14.2 Å². The average Bonchev–Trinajstić information content (AvgIpc) is 2.99. The van der Waals surface area contributed by atoms with Crippen molar-refractivity contribution in [2.45, 2.75) is 96.9 Å². The summed E-state index contributed by atoms with van der Waals surface area (Å²) < 4.78 is 14.7. The monoisotopic (exact) mass is 535 g/mol. The highest BCUT2D eigenvalue weighted by molar-refractivity contribution is 5.21. The van der Waals surface area contributed by atoms with Crippen LogP contribution in [0.15, 0.2) is 91.0 Å². The van der Waals surface area contributed by atoms with Crippen molar-refractivity contribution in [2.75, 3.05) is 21.3 Å². The third-order valence-electron chi connectivity index (χ3n) is 2.94. The Bertz CT molecular complexity index is 561. The Morgan fingerprint density at radius 1 is 0.368 bits per heavy atom. The molecule has 0 bridgehead atoms. The zero-order chi connectivity index (χ0) is 28.9. The van der Waals surface area contributed by atoms with Gasteiger partial charge in [0, 0.05) is 0 Å². The fraction of sp³-hybridized carbons (Fsp3) is 0.486. The summed E-state index contributed by atoms with van der Waals surface area (Å²) in [5, 5.41) is 0. The maximum Gasteiger partial charge on any atom is 0.118 e. The second-order valence-corrected chi connectivity index (χ2v) is 5.97. The molecule has 3 aromatic carbocycles. The summed E-state index contributed by atoms with van der Waals surface area (Å²) in [7, 11) is 4.99. The van der Waals surface area contributed by atoms with Crippen LogP contribution in [-0.2, 0) is 0 Å². The van der Waals surface area contributed by atoms with Gasteiger partial charge in [-0.3, -0.25) is 0 Å². The van der Waals surface area contributed by atoms with Crippen LogP contribution in [0, 0.1) is 0 Å². The van der Waals surface area contributed by atoms with Gasteiger partial charge in [-0.25, -0.2) is 0 Å². The second-order valence-electron chi connectivity index (χ2n) is 5.97.